The minimum absolute atomic E-state index is 0.0959. The number of aryl methyl sites for hydroxylation is 1. The lowest BCUT2D eigenvalue weighted by atomic mass is 9.78. The third-order valence-electron chi connectivity index (χ3n) is 14.5. The van der Waals surface area contributed by atoms with Crippen LogP contribution in [-0.2, 0) is 16.2 Å². The molecule has 3 aromatic heterocycles. The SMILES string of the molecule is Cc1cnc(-n2c3ccccc3c3ccc(Oc4cc(N5CN(C)c6ccccc65)cc(C(C)(C)c5ccccc5)c4)cc32)c(C)c1-n1c2c(C(C)(C)C)cccc2c2cccc(C(C)(C)C)c21. The molecule has 0 aliphatic carbocycles. The quantitative estimate of drug-likeness (QED) is 0.160. The molecular weight excluding hydrogens is 831 g/mol. The number of aromatic nitrogens is 3. The van der Waals surface area contributed by atoms with Gasteiger partial charge in [0.15, 0.2) is 0 Å². The Morgan fingerprint density at radius 1 is 0.515 bits per heavy atom. The number of benzene rings is 7. The fraction of sp³-hybridized carbons (Fsp3) is 0.242. The van der Waals surface area contributed by atoms with E-state index in [1.54, 1.807) is 0 Å². The molecule has 0 amide bonds. The van der Waals surface area contributed by atoms with Crippen LogP contribution in [0.2, 0.25) is 0 Å². The molecule has 0 saturated heterocycles. The average molecular weight is 892 g/mol. The second-order valence-corrected chi connectivity index (χ2v) is 21.6. The minimum atomic E-state index is -0.291. The number of ether oxygens (including phenoxy) is 1. The first-order valence-electron chi connectivity index (χ1n) is 24.0. The Morgan fingerprint density at radius 3 is 1.79 bits per heavy atom. The van der Waals surface area contributed by atoms with Crippen molar-refractivity contribution in [2.75, 3.05) is 23.5 Å². The fourth-order valence-electron chi connectivity index (χ4n) is 11.0. The highest BCUT2D eigenvalue weighted by molar-refractivity contribution is 6.13. The maximum absolute atomic E-state index is 7.10. The molecule has 0 radical (unpaired) electrons. The van der Waals surface area contributed by atoms with Gasteiger partial charge < -0.3 is 19.1 Å². The van der Waals surface area contributed by atoms with Gasteiger partial charge in [-0.3, -0.25) is 4.57 Å². The van der Waals surface area contributed by atoms with Crippen molar-refractivity contribution in [2.45, 2.75) is 85.5 Å². The summed E-state index contributed by atoms with van der Waals surface area (Å²) in [6.07, 6.45) is 2.07. The molecule has 1 aliphatic rings. The number of hydrogen-bond donors (Lipinski definition) is 0. The van der Waals surface area contributed by atoms with Crippen LogP contribution in [0.5, 0.6) is 11.5 Å². The van der Waals surface area contributed by atoms with Crippen LogP contribution < -0.4 is 14.5 Å². The molecule has 6 nitrogen and oxygen atoms in total. The molecule has 1 aliphatic heterocycles. The molecule has 6 heteroatoms. The van der Waals surface area contributed by atoms with Crippen LogP contribution in [0.1, 0.15) is 88.8 Å². The number of hydrogen-bond acceptors (Lipinski definition) is 4. The second-order valence-electron chi connectivity index (χ2n) is 21.6. The topological polar surface area (TPSA) is 38.5 Å². The molecule has 0 fully saturated rings. The van der Waals surface area contributed by atoms with Crippen LogP contribution in [-0.4, -0.2) is 27.8 Å². The number of anilines is 3. The fourth-order valence-corrected chi connectivity index (χ4v) is 11.0. The maximum Gasteiger partial charge on any atom is 0.142 e. The molecule has 0 atom stereocenters. The van der Waals surface area contributed by atoms with Crippen LogP contribution in [0.15, 0.2) is 158 Å². The molecule has 0 saturated carbocycles. The van der Waals surface area contributed by atoms with Crippen molar-refractivity contribution in [3.8, 4) is 23.0 Å². The highest BCUT2D eigenvalue weighted by Gasteiger charge is 2.31. The predicted molar refractivity (Wildman–Crippen MR) is 287 cm³/mol. The van der Waals surface area contributed by atoms with Crippen molar-refractivity contribution >= 4 is 60.7 Å². The van der Waals surface area contributed by atoms with Crippen molar-refractivity contribution in [2.24, 2.45) is 0 Å². The van der Waals surface area contributed by atoms with Gasteiger partial charge in [-0.15, -0.1) is 0 Å². The number of rotatable bonds is 7. The minimum Gasteiger partial charge on any atom is -0.457 e. The maximum atomic E-state index is 7.10. The first-order valence-corrected chi connectivity index (χ1v) is 24.0. The van der Waals surface area contributed by atoms with Gasteiger partial charge in [0.05, 0.1) is 45.8 Å². The van der Waals surface area contributed by atoms with E-state index in [9.17, 15) is 0 Å². The van der Waals surface area contributed by atoms with Crippen molar-refractivity contribution in [1.82, 2.24) is 14.1 Å². The van der Waals surface area contributed by atoms with Crippen molar-refractivity contribution < 1.29 is 4.74 Å². The highest BCUT2D eigenvalue weighted by atomic mass is 16.5. The summed E-state index contributed by atoms with van der Waals surface area (Å²) in [4.78, 5) is 10.1. The van der Waals surface area contributed by atoms with Gasteiger partial charge in [0.1, 0.15) is 17.3 Å². The summed E-state index contributed by atoms with van der Waals surface area (Å²) >= 11 is 0. The van der Waals surface area contributed by atoms with Crippen molar-refractivity contribution in [3.63, 3.8) is 0 Å². The summed E-state index contributed by atoms with van der Waals surface area (Å²) in [6, 6.07) is 55.2. The van der Waals surface area contributed by atoms with E-state index in [4.69, 9.17) is 9.72 Å². The molecule has 7 aromatic carbocycles. The van der Waals surface area contributed by atoms with Crippen LogP contribution in [0, 0.1) is 13.8 Å². The summed E-state index contributed by atoms with van der Waals surface area (Å²) in [5, 5.41) is 4.86. The van der Waals surface area contributed by atoms with Crippen LogP contribution in [0.25, 0.3) is 55.1 Å². The Hall–Kier alpha value is -7.31. The zero-order chi connectivity index (χ0) is 47.4. The molecule has 68 heavy (non-hydrogen) atoms. The number of nitrogens with zero attached hydrogens (tertiary/aromatic N) is 5. The Balaban J connectivity index is 1.11. The summed E-state index contributed by atoms with van der Waals surface area (Å²) in [5.74, 6) is 2.45. The standard InChI is InChI=1S/C62H61N5O/c1-39-37-63-59(40(2)56(39)67-57-48(24-19-26-50(57)60(3,4)5)49-25-20-27-51(58(49)67)61(6,7)8)66-52-28-16-15-23-46(52)47-32-31-44(36-55(47)66)68-45-34-42(62(9,10)41-21-13-12-14-22-41)33-43(35-45)65-38-64(11)53-29-17-18-30-54(53)65/h12-37H,38H2,1-11H3. The smallest absolute Gasteiger partial charge is 0.142 e. The second kappa shape index (κ2) is 15.6. The number of pyridine rings is 1. The van der Waals surface area contributed by atoms with Crippen molar-refractivity contribution in [3.05, 3.63) is 191 Å². The van der Waals surface area contributed by atoms with Gasteiger partial charge in [0.2, 0.25) is 0 Å². The van der Waals surface area contributed by atoms with E-state index in [1.807, 2.05) is 0 Å². The van der Waals surface area contributed by atoms with Crippen LogP contribution in [0.4, 0.5) is 17.1 Å². The van der Waals surface area contributed by atoms with Gasteiger partial charge >= 0.3 is 0 Å². The summed E-state index contributed by atoms with van der Waals surface area (Å²) in [5.41, 5.74) is 16.1. The molecule has 0 N–H and O–H groups in total. The van der Waals surface area contributed by atoms with Crippen LogP contribution >= 0.6 is 0 Å². The Labute approximate surface area is 401 Å². The summed E-state index contributed by atoms with van der Waals surface area (Å²) < 4.78 is 12.0. The normalized spacial score (nSPS) is 13.4. The Morgan fingerprint density at radius 2 is 1.12 bits per heavy atom. The van der Waals surface area contributed by atoms with E-state index in [-0.39, 0.29) is 16.2 Å². The van der Waals surface area contributed by atoms with E-state index in [1.165, 1.54) is 66.5 Å². The lowest BCUT2D eigenvalue weighted by Gasteiger charge is -2.29. The van der Waals surface area contributed by atoms with Gasteiger partial charge in [-0.25, -0.2) is 4.98 Å². The largest absolute Gasteiger partial charge is 0.457 e. The van der Waals surface area contributed by atoms with Crippen molar-refractivity contribution in [1.29, 1.82) is 0 Å². The summed E-state index contributed by atoms with van der Waals surface area (Å²) in [6.45, 7) is 23.8. The highest BCUT2D eigenvalue weighted by Crippen LogP contribution is 2.47. The van der Waals surface area contributed by atoms with E-state index >= 15 is 0 Å². The third kappa shape index (κ3) is 6.86. The number of fused-ring (bicyclic) bond motifs is 7. The molecular formula is C62H61N5O. The first kappa shape index (κ1) is 43.3. The van der Waals surface area contributed by atoms with E-state index in [0.717, 1.165) is 57.2 Å². The molecule has 340 valence electrons. The van der Waals surface area contributed by atoms with Gasteiger partial charge in [-0.2, -0.15) is 0 Å². The monoisotopic (exact) mass is 891 g/mol. The van der Waals surface area contributed by atoms with Crippen LogP contribution in [0.3, 0.4) is 0 Å². The summed E-state index contributed by atoms with van der Waals surface area (Å²) in [7, 11) is 2.16. The average Bonchev–Trinajstić information content (AvgIpc) is 3.96. The zero-order valence-electron chi connectivity index (χ0n) is 41.4. The van der Waals surface area contributed by atoms with Gasteiger partial charge in [0, 0.05) is 63.6 Å². The lowest BCUT2D eigenvalue weighted by molar-refractivity contribution is 0.480. The first-order chi connectivity index (χ1) is 32.5. The van der Waals surface area contributed by atoms with Gasteiger partial charge in [-0.1, -0.05) is 152 Å². The third-order valence-corrected chi connectivity index (χ3v) is 14.5. The van der Waals surface area contributed by atoms with E-state index in [0.29, 0.717) is 0 Å². The van der Waals surface area contributed by atoms with Gasteiger partial charge in [-0.05, 0) is 95.0 Å². The Bertz CT molecular complexity index is 3540. The molecule has 0 spiro atoms. The predicted octanol–water partition coefficient (Wildman–Crippen LogP) is 16.2. The number of para-hydroxylation sites is 5. The zero-order valence-corrected chi connectivity index (χ0v) is 41.4. The van der Waals surface area contributed by atoms with Gasteiger partial charge in [0.25, 0.3) is 0 Å². The molecule has 11 rings (SSSR count). The molecule has 4 heterocycles. The van der Waals surface area contributed by atoms with E-state index < -0.39 is 0 Å². The van der Waals surface area contributed by atoms with E-state index in [2.05, 4.69) is 253 Å². The molecule has 0 unspecified atom stereocenters. The molecule has 10 aromatic rings. The lowest BCUT2D eigenvalue weighted by Crippen LogP contribution is -2.25. The Kier molecular flexibility index (Phi) is 9.95. The molecule has 0 bridgehead atoms.